The van der Waals surface area contributed by atoms with Crippen LogP contribution in [0.4, 0.5) is 0 Å². The third kappa shape index (κ3) is 4.47. The minimum Gasteiger partial charge on any atom is -0.399 e. The molecule has 0 aromatic heterocycles. The summed E-state index contributed by atoms with van der Waals surface area (Å²) in [6, 6.07) is 25.5. The fourth-order valence-electron chi connectivity index (χ4n) is 2.52. The van der Waals surface area contributed by atoms with E-state index in [9.17, 15) is 0 Å². The Morgan fingerprint density at radius 3 is 1.48 bits per heavy atom. The van der Waals surface area contributed by atoms with Crippen LogP contribution in [-0.4, -0.2) is 0 Å². The molecule has 3 rings (SSSR count). The van der Waals surface area contributed by atoms with Crippen molar-refractivity contribution in [2.45, 2.75) is 0 Å². The zero-order chi connectivity index (χ0) is 17.1. The normalized spacial score (nSPS) is 9.92. The van der Waals surface area contributed by atoms with Crippen LogP contribution >= 0.6 is 0 Å². The van der Waals surface area contributed by atoms with Crippen LogP contribution in [0.15, 0.2) is 79.9 Å². The largest absolute Gasteiger partial charge is 0.399 e. The molecule has 0 aliphatic carbocycles. The maximum Gasteiger partial charge on any atom is 0.0314 e. The summed E-state index contributed by atoms with van der Waals surface area (Å²) < 4.78 is 0. The van der Waals surface area contributed by atoms with Gasteiger partial charge < -0.3 is 11.5 Å². The van der Waals surface area contributed by atoms with Gasteiger partial charge in [0.1, 0.15) is 0 Å². The second kappa shape index (κ2) is 8.29. The molecule has 0 bridgehead atoms. The smallest absolute Gasteiger partial charge is 0.0314 e. The number of hydrogen-bond acceptors (Lipinski definition) is 2. The second-order valence-corrected chi connectivity index (χ2v) is 5.70. The molecule has 0 saturated carbocycles. The molecule has 3 aromatic rings. The van der Waals surface area contributed by atoms with Crippen LogP contribution in [0.3, 0.4) is 0 Å². The minimum absolute atomic E-state index is 0. The van der Waals surface area contributed by atoms with Gasteiger partial charge in [0.05, 0.1) is 0 Å². The third-order valence-electron chi connectivity index (χ3n) is 3.97. The summed E-state index contributed by atoms with van der Waals surface area (Å²) in [7, 11) is 0. The Morgan fingerprint density at radius 2 is 1.08 bits per heavy atom. The molecule has 0 unspecified atom stereocenters. The van der Waals surface area contributed by atoms with Gasteiger partial charge in [0.25, 0.3) is 0 Å². The van der Waals surface area contributed by atoms with Crippen molar-refractivity contribution in [1.29, 1.82) is 0 Å². The summed E-state index contributed by atoms with van der Waals surface area (Å²) in [5.74, 6) is 0. The van der Waals surface area contributed by atoms with Crippen molar-refractivity contribution < 1.29 is 32.7 Å². The fraction of sp³-hybridized carbons (Fsp3) is 0. The molecule has 4 N–H and O–H groups in total. The summed E-state index contributed by atoms with van der Waals surface area (Å²) in [6.07, 6.45) is 0. The molecule has 3 heteroatoms. The van der Waals surface area contributed by atoms with Crippen LogP contribution in [0.2, 0.25) is 0 Å². The fourth-order valence-corrected chi connectivity index (χ4v) is 2.52. The number of nitrogens with two attached hydrogens (primary N) is 2. The molecule has 0 amide bonds. The van der Waals surface area contributed by atoms with Crippen molar-refractivity contribution in [3.63, 3.8) is 0 Å². The van der Waals surface area contributed by atoms with Gasteiger partial charge in [-0.05, 0) is 11.1 Å². The van der Waals surface area contributed by atoms with Gasteiger partial charge >= 0.3 is 0 Å². The molecule has 121 valence electrons. The Labute approximate surface area is 174 Å². The Bertz CT molecular complexity index is 800. The molecular formula is C22H19N2Y-. The molecule has 0 fully saturated rings. The Balaban J connectivity index is 0.00000225. The van der Waals surface area contributed by atoms with Gasteiger partial charge in [0, 0.05) is 44.1 Å². The Hall–Kier alpha value is -2.16. The van der Waals surface area contributed by atoms with Gasteiger partial charge in [-0.3, -0.25) is 0 Å². The summed E-state index contributed by atoms with van der Waals surface area (Å²) in [4.78, 5) is 0. The van der Waals surface area contributed by atoms with Gasteiger partial charge in [-0.1, -0.05) is 78.4 Å². The van der Waals surface area contributed by atoms with Crippen LogP contribution < -0.4 is 11.5 Å². The zero-order valence-electron chi connectivity index (χ0n) is 14.0. The molecule has 0 aliphatic heterocycles. The maximum atomic E-state index is 5.70. The van der Waals surface area contributed by atoms with Gasteiger partial charge in [0.2, 0.25) is 0 Å². The van der Waals surface area contributed by atoms with E-state index in [1.165, 1.54) is 0 Å². The molecule has 1 radical (unpaired) electrons. The second-order valence-electron chi connectivity index (χ2n) is 5.70. The Morgan fingerprint density at radius 1 is 0.640 bits per heavy atom. The first-order valence-corrected chi connectivity index (χ1v) is 7.67. The quantitative estimate of drug-likeness (QED) is 0.625. The van der Waals surface area contributed by atoms with E-state index in [1.54, 1.807) is 0 Å². The first-order chi connectivity index (χ1) is 11.5. The van der Waals surface area contributed by atoms with Gasteiger partial charge in [0.15, 0.2) is 0 Å². The molecule has 3 aromatic carbocycles. The van der Waals surface area contributed by atoms with E-state index in [0.29, 0.717) is 11.4 Å². The molecule has 0 aliphatic rings. The van der Waals surface area contributed by atoms with E-state index in [2.05, 4.69) is 31.4 Å². The van der Waals surface area contributed by atoms with Crippen molar-refractivity contribution in [1.82, 2.24) is 0 Å². The SMILES string of the molecule is C=C(N)c1ccc(-c2[c-]cc(-c3ccc(C(=C)N)cc3)cc2)cc1.[Y]. The predicted molar refractivity (Wildman–Crippen MR) is 103 cm³/mol. The Kier molecular flexibility index (Phi) is 6.35. The standard InChI is InChI=1S/C22H19N2.Y/c1-15(23)17-3-7-19(8-4-17)21-11-13-22(14-12-21)20-9-5-18(6-10-20)16(2)24;/h3-13H,1-2,23-24H2;/q-1;. The van der Waals surface area contributed by atoms with Gasteiger partial charge in [-0.25, -0.2) is 0 Å². The van der Waals surface area contributed by atoms with E-state index in [1.807, 2.05) is 54.6 Å². The molecule has 2 nitrogen and oxygen atoms in total. The number of rotatable bonds is 4. The average molecular weight is 400 g/mol. The van der Waals surface area contributed by atoms with Crippen LogP contribution in [0.1, 0.15) is 11.1 Å². The van der Waals surface area contributed by atoms with E-state index >= 15 is 0 Å². The maximum absolute atomic E-state index is 5.70. The monoisotopic (exact) mass is 400 g/mol. The molecule has 0 saturated heterocycles. The third-order valence-corrected chi connectivity index (χ3v) is 3.97. The van der Waals surface area contributed by atoms with Crippen LogP contribution in [0.5, 0.6) is 0 Å². The van der Waals surface area contributed by atoms with E-state index in [0.717, 1.165) is 33.4 Å². The topological polar surface area (TPSA) is 52.0 Å². The predicted octanol–water partition coefficient (Wildman–Crippen LogP) is 4.68. The summed E-state index contributed by atoms with van der Waals surface area (Å²) in [5, 5.41) is 0. The average Bonchev–Trinajstić information content (AvgIpc) is 2.62. The van der Waals surface area contributed by atoms with Crippen molar-refractivity contribution >= 4 is 11.4 Å². The van der Waals surface area contributed by atoms with Crippen LogP contribution in [-0.2, 0) is 32.7 Å². The van der Waals surface area contributed by atoms with Crippen molar-refractivity contribution in [3.8, 4) is 22.3 Å². The summed E-state index contributed by atoms with van der Waals surface area (Å²) in [6.45, 7) is 7.49. The first kappa shape index (κ1) is 19.2. The van der Waals surface area contributed by atoms with Crippen molar-refractivity contribution in [2.24, 2.45) is 11.5 Å². The minimum atomic E-state index is 0. The van der Waals surface area contributed by atoms with Crippen molar-refractivity contribution in [2.75, 3.05) is 0 Å². The molecular weight excluding hydrogens is 381 g/mol. The summed E-state index contributed by atoms with van der Waals surface area (Å²) >= 11 is 0. The van der Waals surface area contributed by atoms with Crippen molar-refractivity contribution in [3.05, 3.63) is 97.1 Å². The van der Waals surface area contributed by atoms with E-state index < -0.39 is 0 Å². The molecule has 0 heterocycles. The van der Waals surface area contributed by atoms with Crippen LogP contribution in [0.25, 0.3) is 33.6 Å². The molecule has 25 heavy (non-hydrogen) atoms. The zero-order valence-corrected chi connectivity index (χ0v) is 16.8. The molecule has 0 atom stereocenters. The molecule has 0 spiro atoms. The number of benzene rings is 3. The van der Waals surface area contributed by atoms with E-state index in [4.69, 9.17) is 11.5 Å². The first-order valence-electron chi connectivity index (χ1n) is 7.67. The van der Waals surface area contributed by atoms with Gasteiger partial charge in [-0.2, -0.15) is 0 Å². The number of hydrogen-bond donors (Lipinski definition) is 2. The summed E-state index contributed by atoms with van der Waals surface area (Å²) in [5.41, 5.74) is 18.8. The van der Waals surface area contributed by atoms with Crippen LogP contribution in [0, 0.1) is 6.07 Å². The van der Waals surface area contributed by atoms with E-state index in [-0.39, 0.29) is 32.7 Å². The van der Waals surface area contributed by atoms with Gasteiger partial charge in [-0.15, -0.1) is 29.8 Å².